The highest BCUT2D eigenvalue weighted by atomic mass is 35.5. The van der Waals surface area contributed by atoms with E-state index < -0.39 is 12.2 Å². The summed E-state index contributed by atoms with van der Waals surface area (Å²) in [4.78, 5) is 4.17. The maximum Gasteiger partial charge on any atom is 0.288 e. The van der Waals surface area contributed by atoms with Crippen LogP contribution in [0.4, 0.5) is 10.1 Å². The molecule has 0 radical (unpaired) electrons. The van der Waals surface area contributed by atoms with Crippen molar-refractivity contribution in [3.8, 4) is 0 Å². The molecule has 4 nitrogen and oxygen atoms in total. The summed E-state index contributed by atoms with van der Waals surface area (Å²) in [6.45, 7) is 1.00. The zero-order valence-corrected chi connectivity index (χ0v) is 13.0. The maximum atomic E-state index is 12.7. The van der Waals surface area contributed by atoms with Gasteiger partial charge < -0.3 is 16.2 Å². The quantitative estimate of drug-likeness (QED) is 0.811. The lowest BCUT2D eigenvalue weighted by atomic mass is 9.91. The molecule has 1 aromatic carbocycles. The van der Waals surface area contributed by atoms with E-state index in [0.717, 1.165) is 0 Å². The molecule has 0 bridgehead atoms. The first kappa shape index (κ1) is 18.8. The number of nitrogens with two attached hydrogens (primary N) is 2. The van der Waals surface area contributed by atoms with Crippen LogP contribution in [0.2, 0.25) is 5.02 Å². The normalized spacial score (nSPS) is 20.8. The first-order chi connectivity index (χ1) is 8.44. The number of ether oxygens (including phenoxy) is 1. The smallest absolute Gasteiger partial charge is 0.288 e. The van der Waals surface area contributed by atoms with E-state index in [2.05, 4.69) is 4.99 Å². The fourth-order valence-electron chi connectivity index (χ4n) is 1.90. The Morgan fingerprint density at radius 2 is 2.00 bits per heavy atom. The van der Waals surface area contributed by atoms with E-state index in [0.29, 0.717) is 16.3 Å². The summed E-state index contributed by atoms with van der Waals surface area (Å²) < 4.78 is 17.7. The number of hydrogen-bond donors (Lipinski definition) is 2. The fourth-order valence-corrected chi connectivity index (χ4v) is 2.20. The number of alkyl halides is 1. The minimum Gasteiger partial charge on any atom is -0.428 e. The number of aliphatic imine (C=N–C) groups is 1. The van der Waals surface area contributed by atoms with E-state index in [4.69, 9.17) is 27.8 Å². The van der Waals surface area contributed by atoms with Crippen LogP contribution in [0.5, 0.6) is 0 Å². The molecule has 1 aromatic rings. The molecule has 0 unspecified atom stereocenters. The number of nitrogens with zero attached hydrogens (tertiary/aromatic N) is 1. The highest BCUT2D eigenvalue weighted by Crippen LogP contribution is 2.36. The number of halogens is 4. The zero-order valence-electron chi connectivity index (χ0n) is 10.6. The predicted molar refractivity (Wildman–Crippen MR) is 84.5 cm³/mol. The summed E-state index contributed by atoms with van der Waals surface area (Å²) in [7, 11) is 0. The van der Waals surface area contributed by atoms with Gasteiger partial charge in [0.05, 0.1) is 0 Å². The van der Waals surface area contributed by atoms with Crippen LogP contribution in [-0.4, -0.2) is 12.7 Å². The number of rotatable bonds is 2. The SMILES string of the molecule is C[C@@]1(c2cc(N)ccc2Cl)C=C(CF)OC(N)=N1.Cl.Cl. The molecular weight excluding hydrogens is 328 g/mol. The van der Waals surface area contributed by atoms with Crippen molar-refractivity contribution in [2.75, 3.05) is 12.4 Å². The van der Waals surface area contributed by atoms with Crippen molar-refractivity contribution < 1.29 is 9.13 Å². The zero-order chi connectivity index (χ0) is 13.3. The van der Waals surface area contributed by atoms with Crippen molar-refractivity contribution in [2.24, 2.45) is 10.7 Å². The van der Waals surface area contributed by atoms with Gasteiger partial charge in [-0.1, -0.05) is 11.6 Å². The third kappa shape index (κ3) is 3.69. The Morgan fingerprint density at radius 3 is 2.60 bits per heavy atom. The van der Waals surface area contributed by atoms with Crippen molar-refractivity contribution in [3.63, 3.8) is 0 Å². The lowest BCUT2D eigenvalue weighted by Gasteiger charge is -2.28. The molecule has 4 N–H and O–H groups in total. The molecule has 0 saturated carbocycles. The van der Waals surface area contributed by atoms with Crippen molar-refractivity contribution in [1.29, 1.82) is 0 Å². The monoisotopic (exact) mass is 341 g/mol. The molecule has 1 aliphatic rings. The molecule has 8 heteroatoms. The third-order valence-electron chi connectivity index (χ3n) is 2.69. The molecule has 0 fully saturated rings. The summed E-state index contributed by atoms with van der Waals surface area (Å²) in [5.74, 6) is 0.114. The van der Waals surface area contributed by atoms with Crippen LogP contribution >= 0.6 is 36.4 Å². The van der Waals surface area contributed by atoms with Crippen molar-refractivity contribution >= 4 is 48.1 Å². The highest BCUT2D eigenvalue weighted by Gasteiger charge is 2.31. The molecule has 20 heavy (non-hydrogen) atoms. The van der Waals surface area contributed by atoms with Crippen LogP contribution in [0.3, 0.4) is 0 Å². The molecule has 1 aliphatic heterocycles. The Morgan fingerprint density at radius 1 is 1.35 bits per heavy atom. The first-order valence-electron chi connectivity index (χ1n) is 5.31. The molecule has 0 saturated heterocycles. The van der Waals surface area contributed by atoms with Gasteiger partial charge in [-0.2, -0.15) is 0 Å². The van der Waals surface area contributed by atoms with Gasteiger partial charge in [-0.05, 0) is 31.2 Å². The largest absolute Gasteiger partial charge is 0.428 e. The number of benzene rings is 1. The van der Waals surface area contributed by atoms with Crippen LogP contribution < -0.4 is 11.5 Å². The fraction of sp³-hybridized carbons (Fsp3) is 0.250. The van der Waals surface area contributed by atoms with E-state index in [1.807, 2.05) is 0 Å². The minimum absolute atomic E-state index is 0. The average molecular weight is 343 g/mol. The molecule has 0 aliphatic carbocycles. The number of hydrogen-bond acceptors (Lipinski definition) is 4. The summed E-state index contributed by atoms with van der Waals surface area (Å²) in [5.41, 5.74) is 11.6. The Labute approximate surface area is 133 Å². The molecule has 1 atom stereocenters. The first-order valence-corrected chi connectivity index (χ1v) is 5.69. The topological polar surface area (TPSA) is 73.6 Å². The number of amidine groups is 1. The maximum absolute atomic E-state index is 12.7. The second-order valence-corrected chi connectivity index (χ2v) is 4.59. The van der Waals surface area contributed by atoms with Gasteiger partial charge in [-0.25, -0.2) is 9.38 Å². The third-order valence-corrected chi connectivity index (χ3v) is 3.02. The highest BCUT2D eigenvalue weighted by molar-refractivity contribution is 6.31. The lowest BCUT2D eigenvalue weighted by molar-refractivity contribution is 0.317. The molecular formula is C12H15Cl3FN3O. The Bertz CT molecular complexity index is 551. The summed E-state index contributed by atoms with van der Waals surface area (Å²) >= 11 is 6.13. The summed E-state index contributed by atoms with van der Waals surface area (Å²) in [6, 6.07) is 4.95. The number of nitrogen functional groups attached to an aromatic ring is 1. The van der Waals surface area contributed by atoms with Crippen LogP contribution in [0.25, 0.3) is 0 Å². The molecule has 0 spiro atoms. The Hall–Kier alpha value is -1.17. The molecule has 0 amide bonds. The summed E-state index contributed by atoms with van der Waals surface area (Å²) in [6.07, 6.45) is 1.55. The second-order valence-electron chi connectivity index (χ2n) is 4.18. The molecule has 2 rings (SSSR count). The van der Waals surface area contributed by atoms with E-state index in [-0.39, 0.29) is 36.6 Å². The van der Waals surface area contributed by atoms with Crippen LogP contribution in [0, 0.1) is 0 Å². The molecule has 112 valence electrons. The van der Waals surface area contributed by atoms with E-state index in [1.54, 1.807) is 31.2 Å². The van der Waals surface area contributed by atoms with Gasteiger partial charge in [0.2, 0.25) is 0 Å². The van der Waals surface area contributed by atoms with Crippen molar-refractivity contribution in [1.82, 2.24) is 0 Å². The Kier molecular flexibility index (Phi) is 6.61. The van der Waals surface area contributed by atoms with E-state index in [9.17, 15) is 4.39 Å². The minimum atomic E-state index is -0.879. The average Bonchev–Trinajstić information content (AvgIpc) is 2.31. The second kappa shape index (κ2) is 7.02. The van der Waals surface area contributed by atoms with E-state index >= 15 is 0 Å². The van der Waals surface area contributed by atoms with Gasteiger partial charge in [0.25, 0.3) is 6.02 Å². The van der Waals surface area contributed by atoms with Crippen molar-refractivity contribution in [3.05, 3.63) is 40.6 Å². The summed E-state index contributed by atoms with van der Waals surface area (Å²) in [5, 5.41) is 0.486. The molecule has 1 heterocycles. The van der Waals surface area contributed by atoms with Gasteiger partial charge in [-0.15, -0.1) is 24.8 Å². The van der Waals surface area contributed by atoms with E-state index in [1.165, 1.54) is 0 Å². The number of anilines is 1. The predicted octanol–water partition coefficient (Wildman–Crippen LogP) is 3.18. The van der Waals surface area contributed by atoms with Gasteiger partial charge in [0.15, 0.2) is 0 Å². The van der Waals surface area contributed by atoms with Crippen LogP contribution in [0.1, 0.15) is 12.5 Å². The van der Waals surface area contributed by atoms with Crippen molar-refractivity contribution in [2.45, 2.75) is 12.5 Å². The van der Waals surface area contributed by atoms with Crippen LogP contribution in [0.15, 0.2) is 35.0 Å². The van der Waals surface area contributed by atoms with Gasteiger partial charge in [0.1, 0.15) is 18.0 Å². The van der Waals surface area contributed by atoms with Gasteiger partial charge in [-0.3, -0.25) is 0 Å². The van der Waals surface area contributed by atoms with Gasteiger partial charge in [0, 0.05) is 16.3 Å². The standard InChI is InChI=1S/C12H13ClFN3O.2ClH/c1-12(5-8(6-14)18-11(16)17-12)9-4-7(15)2-3-10(9)13;;/h2-5H,6,15H2,1H3,(H2,16,17);2*1H/t12-;;/m0../s1. The lowest BCUT2D eigenvalue weighted by Crippen LogP contribution is -2.30. The molecule has 0 aromatic heterocycles. The van der Waals surface area contributed by atoms with Gasteiger partial charge >= 0.3 is 0 Å². The van der Waals surface area contributed by atoms with Crippen LogP contribution in [-0.2, 0) is 10.3 Å². The number of allylic oxidation sites excluding steroid dienone is 1. The Balaban J connectivity index is 0.00000180.